The average molecular weight is 586 g/mol. The molecule has 172 valence electrons. The van der Waals surface area contributed by atoms with E-state index in [1.807, 2.05) is 33.0 Å². The number of benzene rings is 1. The smallest absolute Gasteiger partial charge is 0.409 e. The summed E-state index contributed by atoms with van der Waals surface area (Å²) in [6.45, 7) is 7.47. The maximum atomic E-state index is 12.1. The lowest BCUT2D eigenvalue weighted by molar-refractivity contribution is 0.104. The van der Waals surface area contributed by atoms with Gasteiger partial charge in [-0.3, -0.25) is 4.98 Å². The van der Waals surface area contributed by atoms with Crippen LogP contribution in [0.4, 0.5) is 10.5 Å². The number of likely N-dealkylation sites (tertiary alicyclic amines) is 1. The molecule has 2 N–H and O–H groups in total. The molecule has 2 heterocycles. The summed E-state index contributed by atoms with van der Waals surface area (Å²) in [5, 5.41) is 0.551. The largest absolute Gasteiger partial charge is 0.450 e. The summed E-state index contributed by atoms with van der Waals surface area (Å²) in [7, 11) is 0. The number of piperidine rings is 1. The predicted molar refractivity (Wildman–Crippen MR) is 138 cm³/mol. The van der Waals surface area contributed by atoms with Gasteiger partial charge in [0, 0.05) is 33.8 Å². The van der Waals surface area contributed by atoms with Crippen molar-refractivity contribution in [2.75, 3.05) is 25.4 Å². The number of anilines is 1. The highest BCUT2D eigenvalue weighted by atomic mass is 79.9. The SMILES string of the molecule is CC.CCOC(=O)N1CCC(=C2c3cc(N)c(Cl)c(Br)c3CCc3cc(Br)cnc32)CC1. The number of aromatic nitrogens is 1. The van der Waals surface area contributed by atoms with Gasteiger partial charge in [-0.25, -0.2) is 4.79 Å². The Balaban J connectivity index is 0.00000141. The first kappa shape index (κ1) is 25.1. The van der Waals surface area contributed by atoms with Gasteiger partial charge in [-0.1, -0.05) is 31.0 Å². The highest BCUT2D eigenvalue weighted by Crippen LogP contribution is 2.44. The van der Waals surface area contributed by atoms with E-state index in [0.29, 0.717) is 30.4 Å². The number of hydrogen-bond donors (Lipinski definition) is 1. The van der Waals surface area contributed by atoms with Crippen LogP contribution in [0.15, 0.2) is 32.8 Å². The number of nitrogen functional groups attached to an aromatic ring is 1. The Morgan fingerprint density at radius 3 is 2.53 bits per heavy atom. The second-order valence-electron chi connectivity index (χ2n) is 7.45. The van der Waals surface area contributed by atoms with Gasteiger partial charge in [0.1, 0.15) is 0 Å². The van der Waals surface area contributed by atoms with Crippen molar-refractivity contribution in [1.82, 2.24) is 9.88 Å². The van der Waals surface area contributed by atoms with E-state index in [1.54, 1.807) is 4.90 Å². The van der Waals surface area contributed by atoms with Gasteiger partial charge in [-0.2, -0.15) is 0 Å². The number of nitrogens with two attached hydrogens (primary N) is 1. The number of hydrogen-bond acceptors (Lipinski definition) is 4. The van der Waals surface area contributed by atoms with Crippen LogP contribution >= 0.6 is 43.5 Å². The fourth-order valence-electron chi connectivity index (χ4n) is 4.22. The molecule has 2 aliphatic rings. The number of pyridine rings is 1. The molecule has 1 saturated heterocycles. The van der Waals surface area contributed by atoms with Crippen LogP contribution in [-0.4, -0.2) is 35.7 Å². The minimum atomic E-state index is -0.246. The Labute approximate surface area is 211 Å². The molecule has 5 nitrogen and oxygen atoms in total. The van der Waals surface area contributed by atoms with Crippen molar-refractivity contribution in [2.24, 2.45) is 0 Å². The molecule has 8 heteroatoms. The molecule has 4 rings (SSSR count). The summed E-state index contributed by atoms with van der Waals surface area (Å²) in [4.78, 5) is 18.7. The van der Waals surface area contributed by atoms with Crippen molar-refractivity contribution in [1.29, 1.82) is 0 Å². The summed E-state index contributed by atoms with van der Waals surface area (Å²) < 4.78 is 6.99. The molecule has 0 radical (unpaired) electrons. The Hall–Kier alpha value is -1.57. The van der Waals surface area contributed by atoms with Crippen LogP contribution in [0, 0.1) is 0 Å². The fraction of sp³-hybridized carbons (Fsp3) is 0.417. The molecular weight excluding hydrogens is 558 g/mol. The minimum Gasteiger partial charge on any atom is -0.450 e. The van der Waals surface area contributed by atoms with Crippen LogP contribution in [0.3, 0.4) is 0 Å². The zero-order valence-corrected chi connectivity index (χ0v) is 22.5. The number of halogens is 3. The zero-order chi connectivity index (χ0) is 23.4. The third-order valence-electron chi connectivity index (χ3n) is 5.67. The number of ether oxygens (including phenoxy) is 1. The van der Waals surface area contributed by atoms with Crippen molar-refractivity contribution in [3.8, 4) is 0 Å². The lowest BCUT2D eigenvalue weighted by Crippen LogP contribution is -2.37. The number of carbonyl (C=O) groups is 1. The van der Waals surface area contributed by atoms with Crippen LogP contribution in [0.1, 0.15) is 56.0 Å². The van der Waals surface area contributed by atoms with E-state index in [1.165, 1.54) is 11.1 Å². The Morgan fingerprint density at radius 1 is 1.19 bits per heavy atom. The van der Waals surface area contributed by atoms with Gasteiger partial charge < -0.3 is 15.4 Å². The van der Waals surface area contributed by atoms with Gasteiger partial charge in [0.2, 0.25) is 0 Å². The van der Waals surface area contributed by atoms with E-state index in [4.69, 9.17) is 27.1 Å². The van der Waals surface area contributed by atoms with Gasteiger partial charge in [-0.05, 0) is 93.3 Å². The van der Waals surface area contributed by atoms with Crippen molar-refractivity contribution < 1.29 is 9.53 Å². The molecule has 0 saturated carbocycles. The predicted octanol–water partition coefficient (Wildman–Crippen LogP) is 7.02. The third-order valence-corrected chi connectivity index (χ3v) is 7.61. The van der Waals surface area contributed by atoms with E-state index in [0.717, 1.165) is 57.0 Å². The van der Waals surface area contributed by atoms with Crippen LogP contribution in [0.25, 0.3) is 5.57 Å². The van der Waals surface area contributed by atoms with Gasteiger partial charge in [0.15, 0.2) is 0 Å². The quantitative estimate of drug-likeness (QED) is 0.365. The van der Waals surface area contributed by atoms with Gasteiger partial charge in [-0.15, -0.1) is 0 Å². The van der Waals surface area contributed by atoms with Crippen molar-refractivity contribution >= 4 is 60.8 Å². The van der Waals surface area contributed by atoms with Gasteiger partial charge in [0.05, 0.1) is 23.0 Å². The maximum Gasteiger partial charge on any atom is 0.409 e. The molecule has 1 aromatic carbocycles. The summed E-state index contributed by atoms with van der Waals surface area (Å²) in [6.07, 6.45) is 4.83. The number of fused-ring (bicyclic) bond motifs is 2. The zero-order valence-electron chi connectivity index (χ0n) is 18.6. The van der Waals surface area contributed by atoms with Gasteiger partial charge in [0.25, 0.3) is 0 Å². The molecule has 1 fully saturated rings. The van der Waals surface area contributed by atoms with Gasteiger partial charge >= 0.3 is 6.09 Å². The minimum absolute atomic E-state index is 0.246. The van der Waals surface area contributed by atoms with E-state index in [9.17, 15) is 4.79 Å². The number of aryl methyl sites for hydroxylation is 1. The monoisotopic (exact) mass is 583 g/mol. The number of rotatable bonds is 1. The Bertz CT molecular complexity index is 1050. The molecule has 0 unspecified atom stereocenters. The molecule has 0 bridgehead atoms. The standard InChI is InChI=1S/C22H22Br2ClN3O2.C2H6/c1-2-30-22(29)28-7-5-12(6-8-28)18-16-10-17(26)20(25)19(24)15(16)4-3-13-9-14(23)11-27-21(13)18;1-2/h9-11H,2-8,26H2,1H3;1-2H3. The molecule has 1 aliphatic heterocycles. The highest BCUT2D eigenvalue weighted by Gasteiger charge is 2.29. The third kappa shape index (κ3) is 5.00. The van der Waals surface area contributed by atoms with Crippen LogP contribution in [0.5, 0.6) is 0 Å². The van der Waals surface area contributed by atoms with E-state index < -0.39 is 0 Å². The number of amides is 1. The first-order valence-corrected chi connectivity index (χ1v) is 12.9. The lowest BCUT2D eigenvalue weighted by Gasteiger charge is -2.29. The molecule has 1 amide bonds. The van der Waals surface area contributed by atoms with E-state index in [2.05, 4.69) is 37.9 Å². The first-order valence-electron chi connectivity index (χ1n) is 11.0. The van der Waals surface area contributed by atoms with E-state index >= 15 is 0 Å². The molecule has 1 aliphatic carbocycles. The fourth-order valence-corrected chi connectivity index (χ4v) is 5.40. The second kappa shape index (κ2) is 11.0. The topological polar surface area (TPSA) is 68.5 Å². The lowest BCUT2D eigenvalue weighted by atomic mass is 9.88. The van der Waals surface area contributed by atoms with Crippen molar-refractivity contribution in [2.45, 2.75) is 46.5 Å². The molecule has 0 spiro atoms. The van der Waals surface area contributed by atoms with Crippen LogP contribution in [0.2, 0.25) is 5.02 Å². The summed E-state index contributed by atoms with van der Waals surface area (Å²) in [5.74, 6) is 0. The number of nitrogens with zero attached hydrogens (tertiary/aromatic N) is 2. The van der Waals surface area contributed by atoms with Crippen molar-refractivity contribution in [3.05, 3.63) is 60.3 Å². The number of carbonyl (C=O) groups excluding carboxylic acids is 1. The average Bonchev–Trinajstić information content (AvgIpc) is 2.95. The highest BCUT2D eigenvalue weighted by molar-refractivity contribution is 9.10. The van der Waals surface area contributed by atoms with Crippen LogP contribution < -0.4 is 5.73 Å². The molecule has 0 atom stereocenters. The Morgan fingerprint density at radius 2 is 1.88 bits per heavy atom. The van der Waals surface area contributed by atoms with Crippen molar-refractivity contribution in [3.63, 3.8) is 0 Å². The Kier molecular flexibility index (Phi) is 8.64. The maximum absolute atomic E-state index is 12.1. The van der Waals surface area contributed by atoms with Crippen LogP contribution in [-0.2, 0) is 17.6 Å². The summed E-state index contributed by atoms with van der Waals surface area (Å²) in [5.41, 5.74) is 13.6. The molecule has 2 aromatic rings. The molecule has 1 aromatic heterocycles. The second-order valence-corrected chi connectivity index (χ2v) is 9.53. The molecular formula is C24H28Br2ClN3O2. The normalized spacial score (nSPS) is 15.2. The molecule has 32 heavy (non-hydrogen) atoms. The van der Waals surface area contributed by atoms with E-state index in [-0.39, 0.29) is 6.09 Å². The first-order chi connectivity index (χ1) is 15.4. The summed E-state index contributed by atoms with van der Waals surface area (Å²) in [6, 6.07) is 4.11. The summed E-state index contributed by atoms with van der Waals surface area (Å²) >= 11 is 13.7.